The summed E-state index contributed by atoms with van der Waals surface area (Å²) < 4.78 is 5.22. The fourth-order valence-corrected chi connectivity index (χ4v) is 1.35. The quantitative estimate of drug-likeness (QED) is 0.677. The number of unbranched alkanes of at least 4 members (excludes halogenated alkanes) is 1. The van der Waals surface area contributed by atoms with Gasteiger partial charge < -0.3 is 15.4 Å². The maximum Gasteiger partial charge on any atom is 0.407 e. The molecular formula is C13H28N2O2. The number of ether oxygens (including phenoxy) is 1. The van der Waals surface area contributed by atoms with Crippen molar-refractivity contribution in [1.29, 1.82) is 0 Å². The summed E-state index contributed by atoms with van der Waals surface area (Å²) >= 11 is 0. The zero-order chi connectivity index (χ0) is 13.3. The van der Waals surface area contributed by atoms with E-state index in [0.29, 0.717) is 0 Å². The number of hydrogen-bond donors (Lipinski definition) is 2. The van der Waals surface area contributed by atoms with Crippen LogP contribution in [-0.4, -0.2) is 30.8 Å². The number of carbonyl (C=O) groups is 1. The zero-order valence-electron chi connectivity index (χ0n) is 11.9. The van der Waals surface area contributed by atoms with Crippen LogP contribution in [0.3, 0.4) is 0 Å². The van der Waals surface area contributed by atoms with Crippen molar-refractivity contribution in [2.24, 2.45) is 0 Å². The molecule has 0 aromatic rings. The second kappa shape index (κ2) is 8.34. The zero-order valence-corrected chi connectivity index (χ0v) is 11.9. The van der Waals surface area contributed by atoms with Crippen LogP contribution in [0.25, 0.3) is 0 Å². The molecule has 2 N–H and O–H groups in total. The van der Waals surface area contributed by atoms with Gasteiger partial charge in [0.05, 0.1) is 0 Å². The van der Waals surface area contributed by atoms with E-state index in [-0.39, 0.29) is 12.1 Å². The van der Waals surface area contributed by atoms with Crippen molar-refractivity contribution in [3.63, 3.8) is 0 Å². The second-order valence-corrected chi connectivity index (χ2v) is 5.31. The van der Waals surface area contributed by atoms with E-state index in [0.717, 1.165) is 19.5 Å². The first-order valence-corrected chi connectivity index (χ1v) is 6.59. The van der Waals surface area contributed by atoms with E-state index in [1.54, 1.807) is 0 Å². The third-order valence-corrected chi connectivity index (χ3v) is 2.31. The van der Waals surface area contributed by atoms with Gasteiger partial charge in [0.2, 0.25) is 0 Å². The van der Waals surface area contributed by atoms with Gasteiger partial charge in [0.25, 0.3) is 0 Å². The summed E-state index contributed by atoms with van der Waals surface area (Å²) in [7, 11) is 0. The molecule has 0 aliphatic rings. The van der Waals surface area contributed by atoms with Crippen LogP contribution in [0.15, 0.2) is 0 Å². The molecule has 0 aromatic heterocycles. The smallest absolute Gasteiger partial charge is 0.407 e. The second-order valence-electron chi connectivity index (χ2n) is 5.31. The molecule has 0 radical (unpaired) electrons. The van der Waals surface area contributed by atoms with E-state index in [4.69, 9.17) is 4.74 Å². The Balaban J connectivity index is 3.83. The Morgan fingerprint density at radius 2 is 1.94 bits per heavy atom. The fourth-order valence-electron chi connectivity index (χ4n) is 1.35. The maximum atomic E-state index is 11.6. The molecule has 1 unspecified atom stereocenters. The normalized spacial score (nSPS) is 13.2. The van der Waals surface area contributed by atoms with Crippen LogP contribution in [-0.2, 0) is 4.74 Å². The minimum Gasteiger partial charge on any atom is -0.444 e. The highest BCUT2D eigenvalue weighted by Crippen LogP contribution is 2.07. The maximum absolute atomic E-state index is 11.6. The lowest BCUT2D eigenvalue weighted by Gasteiger charge is -2.23. The van der Waals surface area contributed by atoms with Crippen molar-refractivity contribution < 1.29 is 9.53 Å². The number of nitrogens with one attached hydrogen (secondary N) is 2. The lowest BCUT2D eigenvalue weighted by atomic mass is 10.2. The van der Waals surface area contributed by atoms with Crippen molar-refractivity contribution in [2.45, 2.75) is 65.5 Å². The van der Waals surface area contributed by atoms with Gasteiger partial charge in [-0.1, -0.05) is 20.3 Å². The van der Waals surface area contributed by atoms with Gasteiger partial charge in [0, 0.05) is 12.6 Å². The summed E-state index contributed by atoms with van der Waals surface area (Å²) in [6.07, 6.45) is 2.92. The number of amides is 1. The van der Waals surface area contributed by atoms with Gasteiger partial charge in [-0.3, -0.25) is 0 Å². The van der Waals surface area contributed by atoms with Crippen LogP contribution in [0.1, 0.15) is 53.9 Å². The highest BCUT2D eigenvalue weighted by atomic mass is 16.6. The highest BCUT2D eigenvalue weighted by molar-refractivity contribution is 5.68. The molecule has 0 saturated heterocycles. The standard InChI is InChI=1S/C13H28N2O2/c1-6-8-9-14-10-11(7-2)15-12(16)17-13(3,4)5/h11,14H,6-10H2,1-5H3,(H,15,16). The first-order chi connectivity index (χ1) is 7.89. The monoisotopic (exact) mass is 244 g/mol. The molecule has 1 amide bonds. The molecule has 102 valence electrons. The molecule has 1 atom stereocenters. The third-order valence-electron chi connectivity index (χ3n) is 2.31. The lowest BCUT2D eigenvalue weighted by Crippen LogP contribution is -2.44. The Bertz CT molecular complexity index is 212. The Kier molecular flexibility index (Phi) is 7.96. The first-order valence-electron chi connectivity index (χ1n) is 6.59. The Morgan fingerprint density at radius 1 is 1.29 bits per heavy atom. The first kappa shape index (κ1) is 16.2. The third kappa shape index (κ3) is 10.1. The van der Waals surface area contributed by atoms with E-state index >= 15 is 0 Å². The Morgan fingerprint density at radius 3 is 2.41 bits per heavy atom. The van der Waals surface area contributed by atoms with Gasteiger partial charge in [0.1, 0.15) is 5.60 Å². The molecule has 0 bridgehead atoms. The molecule has 17 heavy (non-hydrogen) atoms. The summed E-state index contributed by atoms with van der Waals surface area (Å²) in [5, 5.41) is 6.21. The molecular weight excluding hydrogens is 216 g/mol. The molecule has 0 heterocycles. The van der Waals surface area contributed by atoms with Gasteiger partial charge >= 0.3 is 6.09 Å². The summed E-state index contributed by atoms with van der Waals surface area (Å²) in [6, 6.07) is 0.140. The fraction of sp³-hybridized carbons (Fsp3) is 0.923. The minimum atomic E-state index is -0.433. The molecule has 0 saturated carbocycles. The summed E-state index contributed by atoms with van der Waals surface area (Å²) in [5.41, 5.74) is -0.433. The molecule has 0 spiro atoms. The predicted octanol–water partition coefficient (Wildman–Crippen LogP) is 2.68. The average molecular weight is 244 g/mol. The van der Waals surface area contributed by atoms with Crippen LogP contribution in [0, 0.1) is 0 Å². The van der Waals surface area contributed by atoms with Gasteiger partial charge in [-0.25, -0.2) is 4.79 Å². The number of alkyl carbamates (subject to hydrolysis) is 1. The van der Waals surface area contributed by atoms with Gasteiger partial charge in [-0.15, -0.1) is 0 Å². The average Bonchev–Trinajstić information content (AvgIpc) is 2.20. The predicted molar refractivity (Wildman–Crippen MR) is 71.2 cm³/mol. The molecule has 4 nitrogen and oxygen atoms in total. The Hall–Kier alpha value is -0.770. The van der Waals surface area contributed by atoms with Crippen molar-refractivity contribution in [2.75, 3.05) is 13.1 Å². The summed E-state index contributed by atoms with van der Waals surface area (Å²) in [5.74, 6) is 0. The van der Waals surface area contributed by atoms with Crippen LogP contribution in [0.4, 0.5) is 4.79 Å². The van der Waals surface area contributed by atoms with E-state index in [9.17, 15) is 4.79 Å². The topological polar surface area (TPSA) is 50.4 Å². The molecule has 0 aliphatic heterocycles. The van der Waals surface area contributed by atoms with Crippen LogP contribution in [0.5, 0.6) is 0 Å². The largest absolute Gasteiger partial charge is 0.444 e. The number of rotatable bonds is 7. The molecule has 0 aliphatic carbocycles. The van der Waals surface area contributed by atoms with E-state index in [1.165, 1.54) is 12.8 Å². The SMILES string of the molecule is CCCCNCC(CC)NC(=O)OC(C)(C)C. The molecule has 0 rings (SSSR count). The van der Waals surface area contributed by atoms with E-state index in [1.807, 2.05) is 20.8 Å². The molecule has 4 heteroatoms. The van der Waals surface area contributed by atoms with Crippen LogP contribution >= 0.6 is 0 Å². The van der Waals surface area contributed by atoms with Gasteiger partial charge in [-0.05, 0) is 40.2 Å². The molecule has 0 aromatic carbocycles. The van der Waals surface area contributed by atoms with Gasteiger partial charge in [0.15, 0.2) is 0 Å². The Labute approximate surface area is 105 Å². The number of hydrogen-bond acceptors (Lipinski definition) is 3. The lowest BCUT2D eigenvalue weighted by molar-refractivity contribution is 0.0502. The van der Waals surface area contributed by atoms with Crippen molar-refractivity contribution in [1.82, 2.24) is 10.6 Å². The van der Waals surface area contributed by atoms with Crippen molar-refractivity contribution >= 4 is 6.09 Å². The van der Waals surface area contributed by atoms with E-state index in [2.05, 4.69) is 24.5 Å². The van der Waals surface area contributed by atoms with E-state index < -0.39 is 5.60 Å². The van der Waals surface area contributed by atoms with Crippen molar-refractivity contribution in [3.05, 3.63) is 0 Å². The number of carbonyl (C=O) groups excluding carboxylic acids is 1. The summed E-state index contributed by atoms with van der Waals surface area (Å²) in [6.45, 7) is 11.6. The molecule has 0 fully saturated rings. The highest BCUT2D eigenvalue weighted by Gasteiger charge is 2.18. The van der Waals surface area contributed by atoms with Crippen LogP contribution < -0.4 is 10.6 Å². The van der Waals surface area contributed by atoms with Crippen LogP contribution in [0.2, 0.25) is 0 Å². The summed E-state index contributed by atoms with van der Waals surface area (Å²) in [4.78, 5) is 11.6. The van der Waals surface area contributed by atoms with Gasteiger partial charge in [-0.2, -0.15) is 0 Å². The van der Waals surface area contributed by atoms with Crippen molar-refractivity contribution in [3.8, 4) is 0 Å². The minimum absolute atomic E-state index is 0.140.